The minimum atomic E-state index is 0.168. The summed E-state index contributed by atoms with van der Waals surface area (Å²) in [6, 6.07) is 4.05. The van der Waals surface area contributed by atoms with Gasteiger partial charge in [-0.15, -0.1) is 0 Å². The van der Waals surface area contributed by atoms with Crippen LogP contribution in [-0.2, 0) is 4.74 Å². The average molecular weight is 273 g/mol. The van der Waals surface area contributed by atoms with Crippen molar-refractivity contribution in [3.63, 3.8) is 0 Å². The molecule has 0 unspecified atom stereocenters. The summed E-state index contributed by atoms with van der Waals surface area (Å²) in [4.78, 5) is 14.3. The van der Waals surface area contributed by atoms with Crippen molar-refractivity contribution in [1.29, 1.82) is 0 Å². The standard InChI is InChI=1S/C15H19N3O2/c1-2-3-15(19)13-10-16-18-11-12(4-5-14(13)18)17-6-8-20-9-7-17/h4-5,10-11H,2-3,6-9H2,1H3. The number of fused-ring (bicyclic) bond motifs is 1. The smallest absolute Gasteiger partial charge is 0.166 e. The Labute approximate surface area is 118 Å². The molecule has 0 atom stereocenters. The van der Waals surface area contributed by atoms with Crippen molar-refractivity contribution in [2.75, 3.05) is 31.2 Å². The van der Waals surface area contributed by atoms with Crippen molar-refractivity contribution < 1.29 is 9.53 Å². The lowest BCUT2D eigenvalue weighted by Crippen LogP contribution is -2.36. The van der Waals surface area contributed by atoms with Crippen molar-refractivity contribution in [3.05, 3.63) is 30.1 Å². The Morgan fingerprint density at radius 1 is 1.35 bits per heavy atom. The second-order valence-corrected chi connectivity index (χ2v) is 5.05. The van der Waals surface area contributed by atoms with Gasteiger partial charge < -0.3 is 9.64 Å². The average Bonchev–Trinajstić information content (AvgIpc) is 2.91. The summed E-state index contributed by atoms with van der Waals surface area (Å²) in [5.74, 6) is 0.168. The van der Waals surface area contributed by atoms with Crippen molar-refractivity contribution in [2.45, 2.75) is 19.8 Å². The van der Waals surface area contributed by atoms with E-state index in [0.29, 0.717) is 6.42 Å². The number of carbonyl (C=O) groups is 1. The third-order valence-corrected chi connectivity index (χ3v) is 3.65. The zero-order valence-electron chi connectivity index (χ0n) is 11.7. The summed E-state index contributed by atoms with van der Waals surface area (Å²) in [6.07, 6.45) is 5.11. The lowest BCUT2D eigenvalue weighted by molar-refractivity contribution is 0.0983. The first-order valence-corrected chi connectivity index (χ1v) is 7.13. The van der Waals surface area contributed by atoms with E-state index in [9.17, 15) is 4.79 Å². The predicted octanol–water partition coefficient (Wildman–Crippen LogP) is 2.15. The van der Waals surface area contributed by atoms with Gasteiger partial charge in [0.25, 0.3) is 0 Å². The first-order valence-electron chi connectivity index (χ1n) is 7.13. The van der Waals surface area contributed by atoms with Gasteiger partial charge in [-0.1, -0.05) is 6.92 Å². The number of hydrogen-bond donors (Lipinski definition) is 0. The fraction of sp³-hybridized carbons (Fsp3) is 0.467. The van der Waals surface area contributed by atoms with E-state index in [0.717, 1.165) is 49.5 Å². The van der Waals surface area contributed by atoms with Crippen LogP contribution in [0, 0.1) is 0 Å². The van der Waals surface area contributed by atoms with Gasteiger partial charge >= 0.3 is 0 Å². The molecule has 1 aliphatic heterocycles. The van der Waals surface area contributed by atoms with Crippen LogP contribution in [0.15, 0.2) is 24.5 Å². The van der Waals surface area contributed by atoms with Gasteiger partial charge in [-0.05, 0) is 18.6 Å². The Morgan fingerprint density at radius 2 is 2.15 bits per heavy atom. The van der Waals surface area contributed by atoms with E-state index in [-0.39, 0.29) is 5.78 Å². The van der Waals surface area contributed by atoms with Crippen LogP contribution in [0.2, 0.25) is 0 Å². The molecule has 1 saturated heterocycles. The van der Waals surface area contributed by atoms with Gasteiger partial charge in [0, 0.05) is 19.5 Å². The molecule has 2 aromatic heterocycles. The summed E-state index contributed by atoms with van der Waals surface area (Å²) in [5.41, 5.74) is 2.74. The van der Waals surface area contributed by atoms with E-state index in [4.69, 9.17) is 4.74 Å². The lowest BCUT2D eigenvalue weighted by atomic mass is 10.1. The van der Waals surface area contributed by atoms with Crippen LogP contribution in [0.5, 0.6) is 0 Å². The zero-order valence-corrected chi connectivity index (χ0v) is 11.7. The van der Waals surface area contributed by atoms with Gasteiger partial charge in [0.05, 0.1) is 42.4 Å². The van der Waals surface area contributed by atoms with Gasteiger partial charge in [0.1, 0.15) is 0 Å². The Bertz CT molecular complexity index is 615. The van der Waals surface area contributed by atoms with Crippen LogP contribution in [0.3, 0.4) is 0 Å². The number of Topliss-reactive ketones (excluding diaryl/α,β-unsaturated/α-hetero) is 1. The number of pyridine rings is 1. The van der Waals surface area contributed by atoms with Crippen molar-refractivity contribution >= 4 is 17.0 Å². The normalized spacial score (nSPS) is 15.8. The molecule has 5 heteroatoms. The highest BCUT2D eigenvalue weighted by molar-refractivity contribution is 6.02. The number of carbonyl (C=O) groups excluding carboxylic acids is 1. The molecule has 0 spiro atoms. The van der Waals surface area contributed by atoms with Crippen LogP contribution in [0.4, 0.5) is 5.69 Å². The van der Waals surface area contributed by atoms with Crippen LogP contribution in [0.25, 0.3) is 5.52 Å². The summed E-state index contributed by atoms with van der Waals surface area (Å²) in [7, 11) is 0. The van der Waals surface area contributed by atoms with Crippen LogP contribution in [0.1, 0.15) is 30.1 Å². The summed E-state index contributed by atoms with van der Waals surface area (Å²) >= 11 is 0. The highest BCUT2D eigenvalue weighted by atomic mass is 16.5. The molecule has 0 radical (unpaired) electrons. The highest BCUT2D eigenvalue weighted by Crippen LogP contribution is 2.20. The molecular formula is C15H19N3O2. The summed E-state index contributed by atoms with van der Waals surface area (Å²) < 4.78 is 7.16. The second kappa shape index (κ2) is 5.63. The largest absolute Gasteiger partial charge is 0.378 e. The molecule has 0 saturated carbocycles. The molecule has 0 N–H and O–H groups in total. The first kappa shape index (κ1) is 13.1. The van der Waals surface area contributed by atoms with Crippen LogP contribution in [-0.4, -0.2) is 41.7 Å². The number of rotatable bonds is 4. The third kappa shape index (κ3) is 2.41. The van der Waals surface area contributed by atoms with Gasteiger partial charge in [0.2, 0.25) is 0 Å². The Kier molecular flexibility index (Phi) is 3.69. The van der Waals surface area contributed by atoms with E-state index < -0.39 is 0 Å². The number of morpholine rings is 1. The molecule has 5 nitrogen and oxygen atoms in total. The van der Waals surface area contributed by atoms with Crippen molar-refractivity contribution in [1.82, 2.24) is 9.61 Å². The molecule has 0 aromatic carbocycles. The molecule has 3 heterocycles. The fourth-order valence-corrected chi connectivity index (χ4v) is 2.56. The predicted molar refractivity (Wildman–Crippen MR) is 77.5 cm³/mol. The van der Waals surface area contributed by atoms with E-state index in [1.54, 1.807) is 10.7 Å². The minimum absolute atomic E-state index is 0.168. The minimum Gasteiger partial charge on any atom is -0.378 e. The molecule has 1 fully saturated rings. The first-order chi connectivity index (χ1) is 9.79. The monoisotopic (exact) mass is 273 g/mol. The van der Waals surface area contributed by atoms with Gasteiger partial charge in [-0.3, -0.25) is 4.79 Å². The van der Waals surface area contributed by atoms with E-state index in [1.165, 1.54) is 0 Å². The van der Waals surface area contributed by atoms with Crippen LogP contribution >= 0.6 is 0 Å². The topological polar surface area (TPSA) is 46.8 Å². The number of hydrogen-bond acceptors (Lipinski definition) is 4. The van der Waals surface area contributed by atoms with Crippen LogP contribution < -0.4 is 4.90 Å². The third-order valence-electron chi connectivity index (χ3n) is 3.65. The van der Waals surface area contributed by atoms with E-state index in [2.05, 4.69) is 16.1 Å². The molecule has 0 aliphatic carbocycles. The zero-order chi connectivity index (χ0) is 13.9. The molecule has 106 valence electrons. The Balaban J connectivity index is 1.91. The van der Waals surface area contributed by atoms with Crippen molar-refractivity contribution in [2.24, 2.45) is 0 Å². The molecule has 1 aliphatic rings. The van der Waals surface area contributed by atoms with Crippen molar-refractivity contribution in [3.8, 4) is 0 Å². The number of nitrogens with zero attached hydrogens (tertiary/aromatic N) is 3. The number of aromatic nitrogens is 2. The van der Waals surface area contributed by atoms with Gasteiger partial charge in [-0.2, -0.15) is 5.10 Å². The Hall–Kier alpha value is -1.88. The van der Waals surface area contributed by atoms with Gasteiger partial charge in [-0.25, -0.2) is 4.52 Å². The SMILES string of the molecule is CCCC(=O)c1cnn2cc(N3CCOCC3)ccc12. The molecular weight excluding hydrogens is 254 g/mol. The summed E-state index contributed by atoms with van der Waals surface area (Å²) in [5, 5.41) is 4.32. The summed E-state index contributed by atoms with van der Waals surface area (Å²) in [6.45, 7) is 5.33. The molecule has 0 amide bonds. The molecule has 0 bridgehead atoms. The maximum absolute atomic E-state index is 12.0. The molecule has 20 heavy (non-hydrogen) atoms. The molecule has 2 aromatic rings. The Morgan fingerprint density at radius 3 is 2.90 bits per heavy atom. The quantitative estimate of drug-likeness (QED) is 0.801. The van der Waals surface area contributed by atoms with E-state index in [1.807, 2.05) is 19.2 Å². The molecule has 3 rings (SSSR count). The maximum atomic E-state index is 12.0. The second-order valence-electron chi connectivity index (χ2n) is 5.05. The van der Waals surface area contributed by atoms with E-state index >= 15 is 0 Å². The number of anilines is 1. The maximum Gasteiger partial charge on any atom is 0.166 e. The van der Waals surface area contributed by atoms with Gasteiger partial charge in [0.15, 0.2) is 5.78 Å². The number of ether oxygens (including phenoxy) is 1. The highest BCUT2D eigenvalue weighted by Gasteiger charge is 2.15. The lowest BCUT2D eigenvalue weighted by Gasteiger charge is -2.28. The fourth-order valence-electron chi connectivity index (χ4n) is 2.56. The number of ketones is 1.